The zero-order valence-corrected chi connectivity index (χ0v) is 16.4. The maximum atomic E-state index is 10.7. The number of benzene rings is 2. The van der Waals surface area contributed by atoms with E-state index in [0.717, 1.165) is 33.1 Å². The molecule has 7 N–H and O–H groups in total. The van der Waals surface area contributed by atoms with E-state index < -0.39 is 24.0 Å². The molecule has 8 heteroatoms. The Labute approximate surface area is 172 Å². The molecular weight excluding hydrogens is 384 g/mol. The molecular formula is C22H24N4O4. The van der Waals surface area contributed by atoms with Crippen molar-refractivity contribution < 1.29 is 19.8 Å². The van der Waals surface area contributed by atoms with E-state index in [1.54, 1.807) is 13.1 Å². The van der Waals surface area contributed by atoms with Crippen molar-refractivity contribution in [3.05, 3.63) is 66.5 Å². The van der Waals surface area contributed by atoms with Crippen molar-refractivity contribution in [2.75, 3.05) is 5.32 Å². The van der Waals surface area contributed by atoms with E-state index in [9.17, 15) is 9.59 Å². The van der Waals surface area contributed by atoms with Gasteiger partial charge in [0, 0.05) is 40.6 Å². The van der Waals surface area contributed by atoms with Crippen LogP contribution in [-0.2, 0) is 16.0 Å². The first-order valence-electron chi connectivity index (χ1n) is 9.45. The highest BCUT2D eigenvalue weighted by molar-refractivity contribution is 5.93. The van der Waals surface area contributed by atoms with Gasteiger partial charge in [0.05, 0.1) is 5.69 Å². The maximum Gasteiger partial charge on any atom is 0.325 e. The quantitative estimate of drug-likeness (QED) is 0.289. The van der Waals surface area contributed by atoms with Gasteiger partial charge >= 0.3 is 11.9 Å². The van der Waals surface area contributed by atoms with Gasteiger partial charge in [-0.1, -0.05) is 36.4 Å². The summed E-state index contributed by atoms with van der Waals surface area (Å²) in [7, 11) is 0. The summed E-state index contributed by atoms with van der Waals surface area (Å²) in [6, 6.07) is 14.1. The summed E-state index contributed by atoms with van der Waals surface area (Å²) >= 11 is 0. The topological polar surface area (TPSA) is 144 Å². The van der Waals surface area contributed by atoms with E-state index in [1.165, 1.54) is 0 Å². The number of hydrogen-bond donors (Lipinski definition) is 6. The van der Waals surface area contributed by atoms with E-state index in [1.807, 2.05) is 54.7 Å². The van der Waals surface area contributed by atoms with Crippen molar-refractivity contribution in [1.29, 1.82) is 0 Å². The molecule has 0 aliphatic carbocycles. The summed E-state index contributed by atoms with van der Waals surface area (Å²) in [5, 5.41) is 22.5. The van der Waals surface area contributed by atoms with Crippen LogP contribution in [0, 0.1) is 0 Å². The number of carboxylic acid groups (broad SMARTS) is 2. The molecule has 2 atom stereocenters. The Balaban J connectivity index is 0.000000171. The standard InChI is InChI=1S/2C11H12N2O2/c1-7(11(14)15)13-10-6-12-9-5-3-2-4-8(9)10;12-9(11(14)15)5-7-6-13-10-4-2-1-3-8(7)10/h2-7,12-13H,1H3,(H,14,15);1-4,6,9,13H,5,12H2,(H,14,15)/t7-;9-/m00/s1. The van der Waals surface area contributed by atoms with Crippen molar-refractivity contribution in [3.63, 3.8) is 0 Å². The second-order valence-electron chi connectivity index (χ2n) is 6.96. The second-order valence-corrected chi connectivity index (χ2v) is 6.96. The number of H-pyrrole nitrogens is 2. The van der Waals surface area contributed by atoms with Crippen LogP contribution in [0.15, 0.2) is 60.9 Å². The molecule has 4 aromatic rings. The number of carboxylic acids is 2. The molecule has 2 aromatic carbocycles. The molecule has 0 spiro atoms. The lowest BCUT2D eigenvalue weighted by Gasteiger charge is -2.08. The lowest BCUT2D eigenvalue weighted by molar-refractivity contribution is -0.139. The third-order valence-corrected chi connectivity index (χ3v) is 4.76. The van der Waals surface area contributed by atoms with Crippen molar-refractivity contribution in [2.45, 2.75) is 25.4 Å². The molecule has 0 saturated heterocycles. The number of carbonyl (C=O) groups is 2. The van der Waals surface area contributed by atoms with E-state index in [-0.39, 0.29) is 0 Å². The summed E-state index contributed by atoms with van der Waals surface area (Å²) in [5.74, 6) is -1.83. The summed E-state index contributed by atoms with van der Waals surface area (Å²) in [6.45, 7) is 1.62. The number of nitrogens with one attached hydrogen (secondary N) is 3. The molecule has 0 amide bonds. The molecule has 0 saturated carbocycles. The van der Waals surface area contributed by atoms with Crippen LogP contribution in [0.2, 0.25) is 0 Å². The molecule has 4 rings (SSSR count). The number of rotatable bonds is 6. The minimum atomic E-state index is -0.972. The van der Waals surface area contributed by atoms with Crippen molar-refractivity contribution in [1.82, 2.24) is 9.97 Å². The van der Waals surface area contributed by atoms with Gasteiger partial charge in [-0.2, -0.15) is 0 Å². The summed E-state index contributed by atoms with van der Waals surface area (Å²) < 4.78 is 0. The zero-order valence-electron chi connectivity index (χ0n) is 16.4. The van der Waals surface area contributed by atoms with Crippen LogP contribution in [0.4, 0.5) is 5.69 Å². The summed E-state index contributed by atoms with van der Waals surface area (Å²) in [5.41, 5.74) is 9.25. The van der Waals surface area contributed by atoms with Crippen LogP contribution in [0.1, 0.15) is 12.5 Å². The minimum absolute atomic E-state index is 0.347. The van der Waals surface area contributed by atoms with E-state index in [0.29, 0.717) is 6.42 Å². The van der Waals surface area contributed by atoms with E-state index in [4.69, 9.17) is 15.9 Å². The van der Waals surface area contributed by atoms with Gasteiger partial charge in [0.25, 0.3) is 0 Å². The van der Waals surface area contributed by atoms with Gasteiger partial charge in [-0.3, -0.25) is 9.59 Å². The smallest absolute Gasteiger partial charge is 0.325 e. The highest BCUT2D eigenvalue weighted by Crippen LogP contribution is 2.23. The molecule has 0 radical (unpaired) electrons. The average Bonchev–Trinajstić information content (AvgIpc) is 3.33. The number of hydrogen-bond acceptors (Lipinski definition) is 4. The fourth-order valence-corrected chi connectivity index (χ4v) is 3.11. The Morgan fingerprint density at radius 3 is 2.13 bits per heavy atom. The van der Waals surface area contributed by atoms with Gasteiger partial charge in [-0.25, -0.2) is 0 Å². The fourth-order valence-electron chi connectivity index (χ4n) is 3.11. The molecule has 156 valence electrons. The Bertz CT molecular complexity index is 1070. The zero-order chi connectivity index (χ0) is 21.7. The first-order valence-corrected chi connectivity index (χ1v) is 9.45. The van der Waals surface area contributed by atoms with Crippen molar-refractivity contribution in [3.8, 4) is 0 Å². The number of fused-ring (bicyclic) bond motifs is 2. The van der Waals surface area contributed by atoms with Crippen molar-refractivity contribution in [2.24, 2.45) is 5.73 Å². The highest BCUT2D eigenvalue weighted by Gasteiger charge is 2.14. The Hall–Kier alpha value is -3.78. The van der Waals surface area contributed by atoms with Crippen LogP contribution < -0.4 is 11.1 Å². The van der Waals surface area contributed by atoms with Crippen LogP contribution in [0.25, 0.3) is 21.8 Å². The molecule has 0 aliphatic heterocycles. The Morgan fingerprint density at radius 2 is 1.50 bits per heavy atom. The molecule has 2 heterocycles. The van der Waals surface area contributed by atoms with Crippen LogP contribution in [-0.4, -0.2) is 44.2 Å². The average molecular weight is 408 g/mol. The number of nitrogens with two attached hydrogens (primary N) is 1. The molecule has 2 aromatic heterocycles. The normalized spacial score (nSPS) is 12.7. The number of anilines is 1. The molecule has 0 fully saturated rings. The van der Waals surface area contributed by atoms with Crippen LogP contribution in [0.3, 0.4) is 0 Å². The van der Waals surface area contributed by atoms with Crippen LogP contribution >= 0.6 is 0 Å². The second kappa shape index (κ2) is 9.15. The van der Waals surface area contributed by atoms with Gasteiger partial charge in [-0.15, -0.1) is 0 Å². The molecule has 0 unspecified atom stereocenters. The third kappa shape index (κ3) is 4.79. The lowest BCUT2D eigenvalue weighted by Crippen LogP contribution is -2.32. The highest BCUT2D eigenvalue weighted by atomic mass is 16.4. The molecule has 0 aliphatic rings. The first kappa shape index (κ1) is 20.9. The fraction of sp³-hybridized carbons (Fsp3) is 0.182. The summed E-state index contributed by atoms with van der Waals surface area (Å²) in [4.78, 5) is 27.5. The molecule has 0 bridgehead atoms. The van der Waals surface area contributed by atoms with E-state index >= 15 is 0 Å². The van der Waals surface area contributed by atoms with Gasteiger partial charge in [0.2, 0.25) is 0 Å². The maximum absolute atomic E-state index is 10.7. The third-order valence-electron chi connectivity index (χ3n) is 4.76. The number of aliphatic carboxylic acids is 2. The molecule has 8 nitrogen and oxygen atoms in total. The summed E-state index contributed by atoms with van der Waals surface area (Å²) in [6.07, 6.45) is 3.94. The van der Waals surface area contributed by atoms with Gasteiger partial charge in [-0.05, 0) is 24.6 Å². The molecule has 30 heavy (non-hydrogen) atoms. The predicted octanol–water partition coefficient (Wildman–Crippen LogP) is 3.18. The number of para-hydroxylation sites is 2. The largest absolute Gasteiger partial charge is 0.480 e. The lowest BCUT2D eigenvalue weighted by atomic mass is 10.1. The van der Waals surface area contributed by atoms with Gasteiger partial charge in [0.1, 0.15) is 12.1 Å². The number of aromatic amines is 2. The van der Waals surface area contributed by atoms with E-state index in [2.05, 4.69) is 15.3 Å². The first-order chi connectivity index (χ1) is 14.4. The van der Waals surface area contributed by atoms with Crippen LogP contribution in [0.5, 0.6) is 0 Å². The van der Waals surface area contributed by atoms with Gasteiger partial charge in [0.15, 0.2) is 0 Å². The SMILES string of the molecule is C[C@H](Nc1c[nH]c2ccccc12)C(=O)O.N[C@@H](Cc1c[nH]c2ccccc12)C(=O)O. The Morgan fingerprint density at radius 1 is 0.933 bits per heavy atom. The Kier molecular flexibility index (Phi) is 6.38. The van der Waals surface area contributed by atoms with Crippen molar-refractivity contribution >= 4 is 39.4 Å². The minimum Gasteiger partial charge on any atom is -0.480 e. The monoisotopic (exact) mass is 408 g/mol. The predicted molar refractivity (Wildman–Crippen MR) is 117 cm³/mol. The van der Waals surface area contributed by atoms with Gasteiger partial charge < -0.3 is 31.2 Å². The number of aromatic nitrogens is 2.